The molecule has 24 heavy (non-hydrogen) atoms. The van der Waals surface area contributed by atoms with Gasteiger partial charge in [0, 0.05) is 42.9 Å². The van der Waals surface area contributed by atoms with E-state index in [0.29, 0.717) is 12.1 Å². The zero-order chi connectivity index (χ0) is 16.3. The van der Waals surface area contributed by atoms with Crippen molar-refractivity contribution in [2.45, 2.75) is 18.5 Å². The lowest BCUT2D eigenvalue weighted by Gasteiger charge is -2.33. The number of aromatic nitrogens is 3. The third-order valence-corrected chi connectivity index (χ3v) is 5.29. The van der Waals surface area contributed by atoms with Crippen LogP contribution < -0.4 is 4.90 Å². The van der Waals surface area contributed by atoms with E-state index in [9.17, 15) is 4.39 Å². The summed E-state index contributed by atoms with van der Waals surface area (Å²) in [7, 11) is 2.20. The molecule has 122 valence electrons. The summed E-state index contributed by atoms with van der Waals surface area (Å²) in [5.41, 5.74) is 2.60. The molecule has 2 atom stereocenters. The molecule has 0 radical (unpaired) electrons. The van der Waals surface area contributed by atoms with Gasteiger partial charge in [0.1, 0.15) is 11.6 Å². The number of halogens is 1. The van der Waals surface area contributed by atoms with Crippen LogP contribution in [0.3, 0.4) is 0 Å². The zero-order valence-electron chi connectivity index (χ0n) is 13.4. The average Bonchev–Trinajstić information content (AvgIpc) is 3.28. The first-order valence-corrected chi connectivity index (χ1v) is 8.27. The summed E-state index contributed by atoms with van der Waals surface area (Å²) in [5, 5.41) is 4.45. The Morgan fingerprint density at radius 1 is 1.08 bits per heavy atom. The van der Waals surface area contributed by atoms with E-state index in [4.69, 9.17) is 0 Å². The molecule has 2 unspecified atom stereocenters. The highest BCUT2D eigenvalue weighted by atomic mass is 19.1. The minimum absolute atomic E-state index is 0.232. The van der Waals surface area contributed by atoms with E-state index in [-0.39, 0.29) is 5.82 Å². The number of piperazine rings is 1. The summed E-state index contributed by atoms with van der Waals surface area (Å²) in [6.07, 6.45) is 2.98. The Bertz CT molecular complexity index is 901. The number of fused-ring (bicyclic) bond motifs is 3. The molecule has 2 saturated heterocycles. The first-order chi connectivity index (χ1) is 11.7. The number of hydrogen-bond acceptors (Lipinski definition) is 4. The van der Waals surface area contributed by atoms with Crippen LogP contribution in [-0.2, 0) is 0 Å². The molecule has 2 aliphatic heterocycles. The van der Waals surface area contributed by atoms with Crippen LogP contribution in [0.25, 0.3) is 16.9 Å². The van der Waals surface area contributed by atoms with Crippen molar-refractivity contribution in [3.63, 3.8) is 0 Å². The molecule has 2 bridgehead atoms. The fraction of sp³-hybridized carbons (Fsp3) is 0.333. The summed E-state index contributed by atoms with van der Waals surface area (Å²) in [6.45, 7) is 2.10. The van der Waals surface area contributed by atoms with Crippen LogP contribution in [-0.4, -0.2) is 51.7 Å². The van der Waals surface area contributed by atoms with Gasteiger partial charge in [-0.3, -0.25) is 4.90 Å². The lowest BCUT2D eigenvalue weighted by Crippen LogP contribution is -2.45. The highest BCUT2D eigenvalue weighted by Crippen LogP contribution is 2.35. The Labute approximate surface area is 139 Å². The summed E-state index contributed by atoms with van der Waals surface area (Å²) >= 11 is 0. The Hall–Kier alpha value is -2.47. The van der Waals surface area contributed by atoms with Crippen LogP contribution >= 0.6 is 0 Å². The van der Waals surface area contributed by atoms with Crippen LogP contribution in [0.2, 0.25) is 0 Å². The number of hydrogen-bond donors (Lipinski definition) is 0. The Kier molecular flexibility index (Phi) is 2.91. The van der Waals surface area contributed by atoms with Gasteiger partial charge in [0.25, 0.3) is 0 Å². The molecule has 0 aliphatic carbocycles. The third-order valence-electron chi connectivity index (χ3n) is 5.29. The molecule has 4 heterocycles. The number of anilines is 1. The normalized spacial score (nSPS) is 23.5. The molecule has 5 nitrogen and oxygen atoms in total. The fourth-order valence-electron chi connectivity index (χ4n) is 4.02. The highest BCUT2D eigenvalue weighted by Gasteiger charge is 2.42. The summed E-state index contributed by atoms with van der Waals surface area (Å²) in [5.74, 6) is 0.842. The maximum absolute atomic E-state index is 13.2. The Morgan fingerprint density at radius 3 is 2.62 bits per heavy atom. The fourth-order valence-corrected chi connectivity index (χ4v) is 4.02. The molecule has 3 aromatic rings. The van der Waals surface area contributed by atoms with Crippen molar-refractivity contribution in [2.24, 2.45) is 0 Å². The molecular weight excluding hydrogens is 305 g/mol. The van der Waals surface area contributed by atoms with Crippen molar-refractivity contribution in [3.8, 4) is 11.3 Å². The number of rotatable bonds is 2. The van der Waals surface area contributed by atoms with E-state index >= 15 is 0 Å². The Balaban J connectivity index is 1.63. The number of benzene rings is 1. The van der Waals surface area contributed by atoms with Gasteiger partial charge in [-0.1, -0.05) is 0 Å². The van der Waals surface area contributed by atoms with Crippen LogP contribution in [0.4, 0.5) is 10.2 Å². The van der Waals surface area contributed by atoms with Crippen LogP contribution in [0, 0.1) is 5.82 Å². The van der Waals surface area contributed by atoms with Gasteiger partial charge >= 0.3 is 0 Å². The van der Waals surface area contributed by atoms with E-state index < -0.39 is 0 Å². The van der Waals surface area contributed by atoms with Crippen molar-refractivity contribution in [1.82, 2.24) is 19.5 Å². The van der Waals surface area contributed by atoms with E-state index in [0.717, 1.165) is 35.8 Å². The largest absolute Gasteiger partial charge is 0.351 e. The monoisotopic (exact) mass is 323 g/mol. The molecule has 0 N–H and O–H groups in total. The van der Waals surface area contributed by atoms with Crippen LogP contribution in [0.5, 0.6) is 0 Å². The second kappa shape index (κ2) is 5.01. The minimum atomic E-state index is -0.232. The number of likely N-dealkylation sites (N-methyl/N-ethyl adjacent to an activating group) is 1. The molecule has 6 heteroatoms. The van der Waals surface area contributed by atoms with E-state index in [1.54, 1.807) is 18.3 Å². The summed E-state index contributed by atoms with van der Waals surface area (Å²) < 4.78 is 15.1. The SMILES string of the molecule is CN1CC2CC1CN2c1cc(-c2ccc(F)cc2)nc2ccnn12. The molecule has 2 aromatic heterocycles. The van der Waals surface area contributed by atoms with Crippen molar-refractivity contribution in [1.29, 1.82) is 0 Å². The van der Waals surface area contributed by atoms with Gasteiger partial charge in [0.15, 0.2) is 5.65 Å². The molecule has 0 amide bonds. The van der Waals surface area contributed by atoms with Crippen LogP contribution in [0.1, 0.15) is 6.42 Å². The van der Waals surface area contributed by atoms with E-state index in [2.05, 4.69) is 33.0 Å². The Morgan fingerprint density at radius 2 is 1.92 bits per heavy atom. The molecule has 0 saturated carbocycles. The second-order valence-electron chi connectivity index (χ2n) is 6.74. The smallest absolute Gasteiger partial charge is 0.157 e. The lowest BCUT2D eigenvalue weighted by atomic mass is 10.1. The molecule has 2 fully saturated rings. The quantitative estimate of drug-likeness (QED) is 0.726. The van der Waals surface area contributed by atoms with Crippen molar-refractivity contribution >= 4 is 11.5 Å². The zero-order valence-corrected chi connectivity index (χ0v) is 13.4. The summed E-state index contributed by atoms with van der Waals surface area (Å²) in [6, 6.07) is 11.6. The number of nitrogens with zero attached hydrogens (tertiary/aromatic N) is 5. The van der Waals surface area contributed by atoms with Crippen molar-refractivity contribution < 1.29 is 4.39 Å². The standard InChI is InChI=1S/C18H18FN5/c1-22-10-15-8-14(22)11-23(15)18-9-16(12-2-4-13(19)5-3-12)21-17-6-7-20-24(17)18/h2-7,9,14-15H,8,10-11H2,1H3. The van der Waals surface area contributed by atoms with Crippen LogP contribution in [0.15, 0.2) is 42.6 Å². The van der Waals surface area contributed by atoms with Crippen molar-refractivity contribution in [3.05, 3.63) is 48.4 Å². The van der Waals surface area contributed by atoms with Gasteiger partial charge in [0.2, 0.25) is 0 Å². The second-order valence-corrected chi connectivity index (χ2v) is 6.74. The van der Waals surface area contributed by atoms with Gasteiger partial charge < -0.3 is 4.90 Å². The maximum Gasteiger partial charge on any atom is 0.157 e. The lowest BCUT2D eigenvalue weighted by molar-refractivity contribution is 0.291. The van der Waals surface area contributed by atoms with Gasteiger partial charge in [-0.05, 0) is 37.7 Å². The predicted octanol–water partition coefficient (Wildman–Crippen LogP) is 2.43. The minimum Gasteiger partial charge on any atom is -0.351 e. The first-order valence-electron chi connectivity index (χ1n) is 8.27. The molecule has 2 aliphatic rings. The van der Waals surface area contributed by atoms with Gasteiger partial charge in [0.05, 0.1) is 11.9 Å². The summed E-state index contributed by atoms with van der Waals surface area (Å²) in [4.78, 5) is 9.56. The first kappa shape index (κ1) is 13.9. The number of likely N-dealkylation sites (tertiary alicyclic amines) is 1. The average molecular weight is 323 g/mol. The topological polar surface area (TPSA) is 36.7 Å². The molecule has 1 aromatic carbocycles. The molecule has 0 spiro atoms. The maximum atomic E-state index is 13.2. The van der Waals surface area contributed by atoms with E-state index in [1.165, 1.54) is 18.6 Å². The predicted molar refractivity (Wildman–Crippen MR) is 90.6 cm³/mol. The van der Waals surface area contributed by atoms with Gasteiger partial charge in [-0.15, -0.1) is 0 Å². The van der Waals surface area contributed by atoms with E-state index in [1.807, 2.05) is 10.6 Å². The highest BCUT2D eigenvalue weighted by molar-refractivity contribution is 5.67. The van der Waals surface area contributed by atoms with Gasteiger partial charge in [-0.2, -0.15) is 9.61 Å². The third kappa shape index (κ3) is 2.03. The van der Waals surface area contributed by atoms with Crippen molar-refractivity contribution in [2.75, 3.05) is 25.0 Å². The van der Waals surface area contributed by atoms with Gasteiger partial charge in [-0.25, -0.2) is 9.37 Å². The molecular formula is C18H18FN5. The molecule has 5 rings (SSSR count).